The van der Waals surface area contributed by atoms with Gasteiger partial charge in [0.2, 0.25) is 0 Å². The van der Waals surface area contributed by atoms with Crippen molar-refractivity contribution in [1.82, 2.24) is 4.90 Å². The molecule has 2 unspecified atom stereocenters. The Balaban J connectivity index is 2.03. The third-order valence-corrected chi connectivity index (χ3v) is 5.10. The highest BCUT2D eigenvalue weighted by Crippen LogP contribution is 2.30. The summed E-state index contributed by atoms with van der Waals surface area (Å²) in [7, 11) is 2.28. The second kappa shape index (κ2) is 7.24. The van der Waals surface area contributed by atoms with E-state index in [4.69, 9.17) is 5.73 Å². The van der Waals surface area contributed by atoms with E-state index >= 15 is 0 Å². The van der Waals surface area contributed by atoms with E-state index in [0.717, 1.165) is 12.3 Å². The molecule has 1 fully saturated rings. The van der Waals surface area contributed by atoms with Crippen LogP contribution < -0.4 is 5.73 Å². The number of hydrogen-bond donors (Lipinski definition) is 1. The first-order chi connectivity index (χ1) is 9.63. The van der Waals surface area contributed by atoms with E-state index in [9.17, 15) is 0 Å². The van der Waals surface area contributed by atoms with E-state index in [2.05, 4.69) is 56.1 Å². The summed E-state index contributed by atoms with van der Waals surface area (Å²) in [6, 6.07) is 11.8. The third-order valence-electron chi connectivity index (χ3n) is 5.10. The first-order valence-electron chi connectivity index (χ1n) is 8.16. The first-order valence-corrected chi connectivity index (χ1v) is 8.16. The Bertz CT molecular complexity index is 382. The van der Waals surface area contributed by atoms with Crippen LogP contribution in [0.25, 0.3) is 0 Å². The van der Waals surface area contributed by atoms with Gasteiger partial charge in [-0.3, -0.25) is 4.90 Å². The fourth-order valence-electron chi connectivity index (χ4n) is 3.61. The normalized spacial score (nSPS) is 26.4. The van der Waals surface area contributed by atoms with Gasteiger partial charge >= 0.3 is 0 Å². The maximum absolute atomic E-state index is 6.54. The van der Waals surface area contributed by atoms with Gasteiger partial charge in [-0.1, -0.05) is 44.2 Å². The fourth-order valence-corrected chi connectivity index (χ4v) is 3.61. The number of benzene rings is 1. The lowest BCUT2D eigenvalue weighted by molar-refractivity contribution is 0.105. The zero-order valence-corrected chi connectivity index (χ0v) is 13.3. The lowest BCUT2D eigenvalue weighted by Crippen LogP contribution is -2.46. The molecular formula is C18H30N2. The zero-order chi connectivity index (χ0) is 14.5. The van der Waals surface area contributed by atoms with Crippen LogP contribution in [-0.4, -0.2) is 24.0 Å². The number of rotatable bonds is 5. The van der Waals surface area contributed by atoms with Crippen LogP contribution >= 0.6 is 0 Å². The summed E-state index contributed by atoms with van der Waals surface area (Å²) >= 11 is 0. The van der Waals surface area contributed by atoms with Crippen LogP contribution in [0.4, 0.5) is 0 Å². The molecule has 2 nitrogen and oxygen atoms in total. The van der Waals surface area contributed by atoms with Crippen molar-refractivity contribution in [2.75, 3.05) is 7.05 Å². The molecule has 20 heavy (non-hydrogen) atoms. The van der Waals surface area contributed by atoms with Crippen LogP contribution in [0.5, 0.6) is 0 Å². The lowest BCUT2D eigenvalue weighted by Gasteiger charge is -2.40. The second-order valence-corrected chi connectivity index (χ2v) is 6.49. The molecule has 2 rings (SSSR count). The molecule has 1 aliphatic rings. The van der Waals surface area contributed by atoms with Crippen molar-refractivity contribution in [3.05, 3.63) is 35.9 Å². The maximum Gasteiger partial charge on any atom is 0.0452 e. The van der Waals surface area contributed by atoms with Crippen LogP contribution in [0.2, 0.25) is 0 Å². The molecule has 0 radical (unpaired) electrons. The Kier molecular flexibility index (Phi) is 5.62. The predicted molar refractivity (Wildman–Crippen MR) is 86.6 cm³/mol. The smallest absolute Gasteiger partial charge is 0.0452 e. The van der Waals surface area contributed by atoms with E-state index in [1.165, 1.54) is 31.2 Å². The topological polar surface area (TPSA) is 29.3 Å². The second-order valence-electron chi connectivity index (χ2n) is 6.49. The lowest BCUT2D eigenvalue weighted by atomic mass is 9.85. The predicted octanol–water partition coefficient (Wildman–Crippen LogP) is 3.98. The number of nitrogens with two attached hydrogens (primary N) is 1. The molecule has 0 aromatic heterocycles. The van der Waals surface area contributed by atoms with Crippen LogP contribution in [0.1, 0.15) is 57.6 Å². The Labute approximate surface area is 124 Å². The molecule has 1 aromatic rings. The maximum atomic E-state index is 6.54. The minimum atomic E-state index is 0.116. The van der Waals surface area contributed by atoms with Crippen molar-refractivity contribution >= 4 is 0 Å². The average molecular weight is 274 g/mol. The van der Waals surface area contributed by atoms with E-state index in [1.54, 1.807) is 0 Å². The molecule has 112 valence electrons. The molecular weight excluding hydrogens is 244 g/mol. The van der Waals surface area contributed by atoms with Gasteiger partial charge < -0.3 is 5.73 Å². The molecule has 0 spiro atoms. The quantitative estimate of drug-likeness (QED) is 0.880. The van der Waals surface area contributed by atoms with Crippen LogP contribution in [-0.2, 0) is 0 Å². The van der Waals surface area contributed by atoms with Crippen molar-refractivity contribution in [3.8, 4) is 0 Å². The largest absolute Gasteiger partial charge is 0.323 e. The molecule has 0 aliphatic heterocycles. The molecule has 1 aliphatic carbocycles. The summed E-state index contributed by atoms with van der Waals surface area (Å²) in [4.78, 5) is 2.56. The number of hydrogen-bond acceptors (Lipinski definition) is 2. The minimum Gasteiger partial charge on any atom is -0.323 e. The van der Waals surface area contributed by atoms with Crippen molar-refractivity contribution in [2.24, 2.45) is 11.7 Å². The van der Waals surface area contributed by atoms with Gasteiger partial charge in [0.05, 0.1) is 0 Å². The van der Waals surface area contributed by atoms with Gasteiger partial charge in [0.15, 0.2) is 0 Å². The summed E-state index contributed by atoms with van der Waals surface area (Å²) in [6.07, 6.45) is 6.50. The van der Waals surface area contributed by atoms with Gasteiger partial charge in [-0.2, -0.15) is 0 Å². The first kappa shape index (κ1) is 15.5. The number of nitrogens with zero attached hydrogens (tertiary/aromatic N) is 1. The summed E-state index contributed by atoms with van der Waals surface area (Å²) in [6.45, 7) is 4.64. The SMILES string of the molecule is CCC(C(N)c1ccccc1)N(C)C1CCC(C)CC1. The van der Waals surface area contributed by atoms with Gasteiger partial charge in [-0.15, -0.1) is 0 Å². The van der Waals surface area contributed by atoms with Gasteiger partial charge in [-0.05, 0) is 50.6 Å². The average Bonchev–Trinajstić information content (AvgIpc) is 2.49. The van der Waals surface area contributed by atoms with Crippen molar-refractivity contribution in [1.29, 1.82) is 0 Å². The minimum absolute atomic E-state index is 0.116. The highest BCUT2D eigenvalue weighted by molar-refractivity contribution is 5.20. The van der Waals surface area contributed by atoms with E-state index < -0.39 is 0 Å². The molecule has 1 aromatic carbocycles. The number of likely N-dealkylation sites (N-methyl/N-ethyl adjacent to an activating group) is 1. The molecule has 0 heterocycles. The molecule has 0 bridgehead atoms. The van der Waals surface area contributed by atoms with Crippen LogP contribution in [0.3, 0.4) is 0 Å². The molecule has 0 saturated heterocycles. The van der Waals surface area contributed by atoms with Crippen molar-refractivity contribution in [2.45, 2.75) is 64.1 Å². The summed E-state index contributed by atoms with van der Waals surface area (Å²) in [5.74, 6) is 0.905. The molecule has 2 atom stereocenters. The van der Waals surface area contributed by atoms with Crippen molar-refractivity contribution in [3.63, 3.8) is 0 Å². The highest BCUT2D eigenvalue weighted by atomic mass is 15.2. The standard InChI is InChI=1S/C18H30N2/c1-4-17(18(19)15-8-6-5-7-9-15)20(3)16-12-10-14(2)11-13-16/h5-9,14,16-18H,4,10-13,19H2,1-3H3. The van der Waals surface area contributed by atoms with Gasteiger partial charge in [0.1, 0.15) is 0 Å². The van der Waals surface area contributed by atoms with E-state index in [1.807, 2.05) is 0 Å². The summed E-state index contributed by atoms with van der Waals surface area (Å²) < 4.78 is 0. The Morgan fingerprint density at radius 1 is 1.15 bits per heavy atom. The Morgan fingerprint density at radius 2 is 1.75 bits per heavy atom. The van der Waals surface area contributed by atoms with Crippen LogP contribution in [0.15, 0.2) is 30.3 Å². The Hall–Kier alpha value is -0.860. The third kappa shape index (κ3) is 3.62. The highest BCUT2D eigenvalue weighted by Gasteiger charge is 2.29. The van der Waals surface area contributed by atoms with Crippen LogP contribution in [0, 0.1) is 5.92 Å². The van der Waals surface area contributed by atoms with Gasteiger partial charge in [0.25, 0.3) is 0 Å². The Morgan fingerprint density at radius 3 is 2.30 bits per heavy atom. The fraction of sp³-hybridized carbons (Fsp3) is 0.667. The van der Waals surface area contributed by atoms with E-state index in [0.29, 0.717) is 12.1 Å². The monoisotopic (exact) mass is 274 g/mol. The zero-order valence-electron chi connectivity index (χ0n) is 13.3. The molecule has 0 amide bonds. The molecule has 2 N–H and O–H groups in total. The summed E-state index contributed by atoms with van der Waals surface area (Å²) in [5.41, 5.74) is 7.80. The van der Waals surface area contributed by atoms with Crippen molar-refractivity contribution < 1.29 is 0 Å². The summed E-state index contributed by atoms with van der Waals surface area (Å²) in [5, 5.41) is 0. The van der Waals surface area contributed by atoms with Gasteiger partial charge in [0, 0.05) is 18.1 Å². The van der Waals surface area contributed by atoms with E-state index in [-0.39, 0.29) is 6.04 Å². The van der Waals surface area contributed by atoms with Gasteiger partial charge in [-0.25, -0.2) is 0 Å². The molecule has 1 saturated carbocycles. The molecule has 2 heteroatoms.